The minimum Gasteiger partial charge on any atom is -0.349 e. The van der Waals surface area contributed by atoms with Crippen molar-refractivity contribution >= 4 is 28.5 Å². The normalized spacial score (nSPS) is 14.1. The van der Waals surface area contributed by atoms with Gasteiger partial charge in [0.1, 0.15) is 6.54 Å². The molecule has 1 fully saturated rings. The lowest BCUT2D eigenvalue weighted by atomic mass is 10.1. The predicted octanol–water partition coefficient (Wildman–Crippen LogP) is 3.98. The molecule has 6 heteroatoms. The molecule has 0 unspecified atom stereocenters. The SMILES string of the molecule is O=C(NCCCc1ccccc1)C(=O)c1cn(CC(=O)N2CCCCCC2)c2ccccc12. The van der Waals surface area contributed by atoms with Crippen molar-refractivity contribution in [2.45, 2.75) is 45.1 Å². The highest BCUT2D eigenvalue weighted by molar-refractivity contribution is 6.45. The number of aromatic nitrogens is 1. The lowest BCUT2D eigenvalue weighted by Gasteiger charge is -2.20. The first kappa shape index (κ1) is 22.8. The van der Waals surface area contributed by atoms with Gasteiger partial charge in [-0.1, -0.05) is 61.4 Å². The average molecular weight is 446 g/mol. The van der Waals surface area contributed by atoms with Crippen LogP contribution in [0.25, 0.3) is 10.9 Å². The molecule has 33 heavy (non-hydrogen) atoms. The van der Waals surface area contributed by atoms with Crippen LogP contribution in [-0.4, -0.2) is 46.7 Å². The van der Waals surface area contributed by atoms with Crippen LogP contribution in [0, 0.1) is 0 Å². The fourth-order valence-corrected chi connectivity index (χ4v) is 4.47. The summed E-state index contributed by atoms with van der Waals surface area (Å²) in [5, 5.41) is 3.45. The molecule has 172 valence electrons. The average Bonchev–Trinajstić information content (AvgIpc) is 3.00. The fraction of sp³-hybridized carbons (Fsp3) is 0.370. The molecular weight excluding hydrogens is 414 g/mol. The molecule has 2 aromatic carbocycles. The van der Waals surface area contributed by atoms with E-state index in [-0.39, 0.29) is 12.5 Å². The number of amides is 2. The lowest BCUT2D eigenvalue weighted by Crippen LogP contribution is -2.34. The van der Waals surface area contributed by atoms with Gasteiger partial charge in [-0.15, -0.1) is 0 Å². The molecule has 1 saturated heterocycles. The summed E-state index contributed by atoms with van der Waals surface area (Å²) in [6.45, 7) is 2.18. The molecule has 2 amide bonds. The molecule has 1 aliphatic rings. The number of aryl methyl sites for hydroxylation is 1. The molecule has 1 aliphatic heterocycles. The number of carbonyl (C=O) groups is 3. The molecule has 3 aromatic rings. The quantitative estimate of drug-likeness (QED) is 0.324. The maximum absolute atomic E-state index is 12.9. The Labute approximate surface area is 194 Å². The Kier molecular flexibility index (Phi) is 7.55. The van der Waals surface area contributed by atoms with Crippen molar-refractivity contribution in [2.75, 3.05) is 19.6 Å². The Hall–Kier alpha value is -3.41. The first-order valence-electron chi connectivity index (χ1n) is 11.9. The van der Waals surface area contributed by atoms with Crippen LogP contribution in [0.15, 0.2) is 60.8 Å². The molecule has 6 nitrogen and oxygen atoms in total. The second-order valence-electron chi connectivity index (χ2n) is 8.66. The minimum absolute atomic E-state index is 0.0574. The van der Waals surface area contributed by atoms with E-state index in [1.165, 1.54) is 5.56 Å². The first-order chi connectivity index (χ1) is 16.1. The third kappa shape index (κ3) is 5.69. The highest BCUT2D eigenvalue weighted by Gasteiger charge is 2.23. The summed E-state index contributed by atoms with van der Waals surface area (Å²) in [5.74, 6) is -1.11. The van der Waals surface area contributed by atoms with Gasteiger partial charge in [-0.25, -0.2) is 0 Å². The maximum Gasteiger partial charge on any atom is 0.292 e. The highest BCUT2D eigenvalue weighted by Crippen LogP contribution is 2.22. The zero-order chi connectivity index (χ0) is 23.0. The largest absolute Gasteiger partial charge is 0.349 e. The van der Waals surface area contributed by atoms with Crippen molar-refractivity contribution in [1.29, 1.82) is 0 Å². The number of ketones is 1. The maximum atomic E-state index is 12.9. The topological polar surface area (TPSA) is 71.4 Å². The minimum atomic E-state index is -0.607. The van der Waals surface area contributed by atoms with E-state index in [4.69, 9.17) is 0 Å². The summed E-state index contributed by atoms with van der Waals surface area (Å²) < 4.78 is 1.80. The Morgan fingerprint density at radius 1 is 0.848 bits per heavy atom. The highest BCUT2D eigenvalue weighted by atomic mass is 16.2. The zero-order valence-electron chi connectivity index (χ0n) is 19.0. The molecule has 1 N–H and O–H groups in total. The van der Waals surface area contributed by atoms with Gasteiger partial charge in [-0.2, -0.15) is 0 Å². The Bertz CT molecular complexity index is 1110. The molecular formula is C27H31N3O3. The third-order valence-electron chi connectivity index (χ3n) is 6.27. The summed E-state index contributed by atoms with van der Waals surface area (Å²) in [5.41, 5.74) is 2.34. The first-order valence-corrected chi connectivity index (χ1v) is 11.9. The summed E-state index contributed by atoms with van der Waals surface area (Å²) in [6.07, 6.45) is 7.65. The van der Waals surface area contributed by atoms with E-state index >= 15 is 0 Å². The van der Waals surface area contributed by atoms with Gasteiger partial charge in [-0.3, -0.25) is 14.4 Å². The third-order valence-corrected chi connectivity index (χ3v) is 6.27. The molecule has 2 heterocycles. The van der Waals surface area contributed by atoms with E-state index in [0.717, 1.165) is 57.1 Å². The summed E-state index contributed by atoms with van der Waals surface area (Å²) >= 11 is 0. The molecule has 0 aliphatic carbocycles. The number of para-hydroxylation sites is 1. The van der Waals surface area contributed by atoms with Gasteiger partial charge in [-0.05, 0) is 37.3 Å². The van der Waals surface area contributed by atoms with E-state index in [1.54, 1.807) is 10.8 Å². The van der Waals surface area contributed by atoms with Crippen LogP contribution >= 0.6 is 0 Å². The van der Waals surface area contributed by atoms with Crippen molar-refractivity contribution in [2.24, 2.45) is 0 Å². The van der Waals surface area contributed by atoms with Gasteiger partial charge in [0.25, 0.3) is 11.7 Å². The number of hydrogen-bond donors (Lipinski definition) is 1. The van der Waals surface area contributed by atoms with Crippen molar-refractivity contribution in [3.8, 4) is 0 Å². The van der Waals surface area contributed by atoms with Crippen molar-refractivity contribution in [3.05, 3.63) is 71.9 Å². The van der Waals surface area contributed by atoms with Crippen molar-refractivity contribution in [1.82, 2.24) is 14.8 Å². The molecule has 0 radical (unpaired) electrons. The van der Waals surface area contributed by atoms with Gasteiger partial charge < -0.3 is 14.8 Å². The lowest BCUT2D eigenvalue weighted by molar-refractivity contribution is -0.131. The van der Waals surface area contributed by atoms with E-state index in [9.17, 15) is 14.4 Å². The number of nitrogens with zero attached hydrogens (tertiary/aromatic N) is 2. The Morgan fingerprint density at radius 2 is 1.55 bits per heavy atom. The number of fused-ring (bicyclic) bond motifs is 1. The Balaban J connectivity index is 1.42. The number of rotatable bonds is 8. The predicted molar refractivity (Wildman–Crippen MR) is 129 cm³/mol. The second-order valence-corrected chi connectivity index (χ2v) is 8.66. The van der Waals surface area contributed by atoms with Crippen LogP contribution in [0.3, 0.4) is 0 Å². The van der Waals surface area contributed by atoms with Crippen LogP contribution in [0.1, 0.15) is 48.0 Å². The number of hydrogen-bond acceptors (Lipinski definition) is 3. The van der Waals surface area contributed by atoms with Crippen LogP contribution < -0.4 is 5.32 Å². The van der Waals surface area contributed by atoms with Gasteiger partial charge in [0.05, 0.1) is 5.56 Å². The van der Waals surface area contributed by atoms with E-state index in [0.29, 0.717) is 17.5 Å². The molecule has 0 saturated carbocycles. The molecule has 4 rings (SSSR count). The molecule has 0 atom stereocenters. The van der Waals surface area contributed by atoms with Crippen molar-refractivity contribution in [3.63, 3.8) is 0 Å². The van der Waals surface area contributed by atoms with Gasteiger partial charge in [0.15, 0.2) is 0 Å². The smallest absolute Gasteiger partial charge is 0.292 e. The van der Waals surface area contributed by atoms with E-state index in [2.05, 4.69) is 17.4 Å². The van der Waals surface area contributed by atoms with E-state index in [1.807, 2.05) is 47.4 Å². The summed E-state index contributed by atoms with van der Waals surface area (Å²) in [7, 11) is 0. The number of benzene rings is 2. The zero-order valence-corrected chi connectivity index (χ0v) is 19.0. The molecule has 0 bridgehead atoms. The van der Waals surface area contributed by atoms with Gasteiger partial charge in [0, 0.05) is 36.7 Å². The standard InChI is InChI=1S/C27H31N3O3/c31-25(29-17-8-1-2-9-18-29)20-30-19-23(22-14-6-7-15-24(22)30)26(32)27(33)28-16-10-13-21-11-4-3-5-12-21/h3-7,11-12,14-15,19H,1-2,8-10,13,16-18,20H2,(H,28,33). The monoisotopic (exact) mass is 445 g/mol. The molecule has 0 spiro atoms. The Morgan fingerprint density at radius 3 is 2.30 bits per heavy atom. The number of Topliss-reactive ketones (excluding diaryl/α,β-unsaturated/α-hetero) is 1. The second kappa shape index (κ2) is 10.9. The number of nitrogens with one attached hydrogen (secondary N) is 1. The van der Waals surface area contributed by atoms with Crippen LogP contribution in [0.5, 0.6) is 0 Å². The van der Waals surface area contributed by atoms with Gasteiger partial charge >= 0.3 is 0 Å². The summed E-state index contributed by atoms with van der Waals surface area (Å²) in [6, 6.07) is 17.5. The fourth-order valence-electron chi connectivity index (χ4n) is 4.47. The van der Waals surface area contributed by atoms with E-state index < -0.39 is 11.7 Å². The van der Waals surface area contributed by atoms with Crippen LogP contribution in [0.4, 0.5) is 0 Å². The number of likely N-dealkylation sites (tertiary alicyclic amines) is 1. The summed E-state index contributed by atoms with van der Waals surface area (Å²) in [4.78, 5) is 40.3. The molecule has 1 aromatic heterocycles. The van der Waals surface area contributed by atoms with Gasteiger partial charge in [0.2, 0.25) is 5.91 Å². The van der Waals surface area contributed by atoms with Crippen molar-refractivity contribution < 1.29 is 14.4 Å². The number of carbonyl (C=O) groups excluding carboxylic acids is 3. The van der Waals surface area contributed by atoms with Crippen LogP contribution in [0.2, 0.25) is 0 Å². The van der Waals surface area contributed by atoms with Crippen LogP contribution in [-0.2, 0) is 22.6 Å².